The molecule has 2 aromatic rings. The monoisotopic (exact) mass is 449 g/mol. The number of nitrogens with one attached hydrogen (secondary N) is 1. The molecule has 1 N–H and O–H groups in total. The van der Waals surface area contributed by atoms with Gasteiger partial charge in [0.1, 0.15) is 0 Å². The van der Waals surface area contributed by atoms with Crippen LogP contribution in [0.4, 0.5) is 0 Å². The van der Waals surface area contributed by atoms with Crippen molar-refractivity contribution in [3.8, 4) is 0 Å². The van der Waals surface area contributed by atoms with E-state index in [1.807, 2.05) is 43.1 Å². The molecule has 3 aliphatic rings. The predicted molar refractivity (Wildman–Crippen MR) is 123 cm³/mol. The summed E-state index contributed by atoms with van der Waals surface area (Å²) in [7, 11) is 1.86. The summed E-state index contributed by atoms with van der Waals surface area (Å²) in [5.41, 5.74) is 3.89. The van der Waals surface area contributed by atoms with Gasteiger partial charge in [-0.3, -0.25) is 19.1 Å². The van der Waals surface area contributed by atoms with E-state index in [1.54, 1.807) is 9.58 Å². The molecule has 1 aromatic heterocycles. The fourth-order valence-corrected chi connectivity index (χ4v) is 4.99. The summed E-state index contributed by atoms with van der Waals surface area (Å²) in [4.78, 5) is 42.8. The number of aromatic nitrogens is 2. The van der Waals surface area contributed by atoms with E-state index >= 15 is 0 Å². The van der Waals surface area contributed by atoms with E-state index in [0.717, 1.165) is 42.5 Å². The van der Waals surface area contributed by atoms with Gasteiger partial charge in [0.25, 0.3) is 11.8 Å². The third kappa shape index (κ3) is 4.26. The maximum atomic E-state index is 13.5. The van der Waals surface area contributed by atoms with E-state index in [9.17, 15) is 14.4 Å². The summed E-state index contributed by atoms with van der Waals surface area (Å²) in [5, 5.41) is 7.64. The number of carbonyl (C=O) groups is 3. The Labute approximate surface area is 193 Å². The SMILES string of the molecule is Cc1ccccc1C(=O)N1CCc2c(c(C(=O)N3CCC[C@H](C(=O)NC4CC4)C3)nn2C)C1. The maximum Gasteiger partial charge on any atom is 0.274 e. The van der Waals surface area contributed by atoms with E-state index < -0.39 is 0 Å². The molecule has 0 radical (unpaired) electrons. The van der Waals surface area contributed by atoms with Crippen LogP contribution < -0.4 is 5.32 Å². The zero-order valence-corrected chi connectivity index (χ0v) is 19.3. The number of carbonyl (C=O) groups excluding carboxylic acids is 3. The molecule has 3 amide bonds. The van der Waals surface area contributed by atoms with Gasteiger partial charge in [-0.25, -0.2) is 0 Å². The lowest BCUT2D eigenvalue weighted by molar-refractivity contribution is -0.126. The third-order valence-corrected chi connectivity index (χ3v) is 7.11. The highest BCUT2D eigenvalue weighted by Crippen LogP contribution is 2.27. The van der Waals surface area contributed by atoms with E-state index in [0.29, 0.717) is 49.9 Å². The minimum atomic E-state index is -0.165. The fraction of sp³-hybridized carbons (Fsp3) is 0.520. The summed E-state index contributed by atoms with van der Waals surface area (Å²) in [6, 6.07) is 7.91. The maximum absolute atomic E-state index is 13.5. The van der Waals surface area contributed by atoms with Gasteiger partial charge in [-0.1, -0.05) is 18.2 Å². The number of benzene rings is 1. The average molecular weight is 450 g/mol. The van der Waals surface area contributed by atoms with Crippen LogP contribution in [0.2, 0.25) is 0 Å². The van der Waals surface area contributed by atoms with E-state index in [4.69, 9.17) is 0 Å². The number of hydrogen-bond donors (Lipinski definition) is 1. The number of rotatable bonds is 4. The van der Waals surface area contributed by atoms with Gasteiger partial charge in [0.15, 0.2) is 5.69 Å². The second kappa shape index (κ2) is 8.65. The van der Waals surface area contributed by atoms with E-state index in [2.05, 4.69) is 10.4 Å². The van der Waals surface area contributed by atoms with Gasteiger partial charge in [-0.05, 0) is 44.2 Å². The Morgan fingerprint density at radius 3 is 2.58 bits per heavy atom. The lowest BCUT2D eigenvalue weighted by Crippen LogP contribution is -2.46. The molecule has 0 unspecified atom stereocenters. The molecule has 1 saturated carbocycles. The first-order valence-corrected chi connectivity index (χ1v) is 11.9. The zero-order valence-electron chi connectivity index (χ0n) is 19.3. The van der Waals surface area contributed by atoms with Gasteiger partial charge in [0.2, 0.25) is 5.91 Å². The van der Waals surface area contributed by atoms with Crippen molar-refractivity contribution in [1.82, 2.24) is 24.9 Å². The normalized spacial score (nSPS) is 20.4. The molecule has 8 heteroatoms. The summed E-state index contributed by atoms with van der Waals surface area (Å²) in [6.45, 7) is 3.96. The number of hydrogen-bond acceptors (Lipinski definition) is 4. The van der Waals surface area contributed by atoms with Crippen molar-refractivity contribution in [2.24, 2.45) is 13.0 Å². The molecular formula is C25H31N5O3. The summed E-state index contributed by atoms with van der Waals surface area (Å²) in [5.74, 6) is -0.258. The van der Waals surface area contributed by atoms with Crippen LogP contribution in [0.3, 0.4) is 0 Å². The minimum Gasteiger partial charge on any atom is -0.353 e. The Balaban J connectivity index is 1.34. The molecule has 1 aromatic carbocycles. The van der Waals surface area contributed by atoms with Gasteiger partial charge in [-0.2, -0.15) is 5.10 Å². The minimum absolute atomic E-state index is 0.0178. The van der Waals surface area contributed by atoms with Crippen molar-refractivity contribution in [2.75, 3.05) is 19.6 Å². The largest absolute Gasteiger partial charge is 0.353 e. The highest BCUT2D eigenvalue weighted by Gasteiger charge is 2.35. The Morgan fingerprint density at radius 2 is 1.82 bits per heavy atom. The molecule has 33 heavy (non-hydrogen) atoms. The molecule has 1 saturated heterocycles. The first-order valence-electron chi connectivity index (χ1n) is 11.9. The number of aryl methyl sites for hydroxylation is 2. The number of fused-ring (bicyclic) bond motifs is 1. The summed E-state index contributed by atoms with van der Waals surface area (Å²) >= 11 is 0. The molecule has 1 aliphatic carbocycles. The van der Waals surface area contributed by atoms with Gasteiger partial charge in [0.05, 0.1) is 12.5 Å². The molecular weight excluding hydrogens is 418 g/mol. The second-order valence-electron chi connectivity index (χ2n) is 9.56. The number of piperidine rings is 1. The van der Waals surface area contributed by atoms with E-state index in [1.165, 1.54) is 0 Å². The predicted octanol–water partition coefficient (Wildman–Crippen LogP) is 2.06. The van der Waals surface area contributed by atoms with Crippen molar-refractivity contribution < 1.29 is 14.4 Å². The Bertz CT molecular complexity index is 1100. The first-order chi connectivity index (χ1) is 15.9. The Hall–Kier alpha value is -3.16. The third-order valence-electron chi connectivity index (χ3n) is 7.11. The van der Waals surface area contributed by atoms with Gasteiger partial charge >= 0.3 is 0 Å². The van der Waals surface area contributed by atoms with Crippen LogP contribution in [0.15, 0.2) is 24.3 Å². The molecule has 0 bridgehead atoms. The number of likely N-dealkylation sites (tertiary alicyclic amines) is 1. The molecule has 5 rings (SSSR count). The van der Waals surface area contributed by atoms with Crippen LogP contribution in [0, 0.1) is 12.8 Å². The smallest absolute Gasteiger partial charge is 0.274 e. The number of amides is 3. The Morgan fingerprint density at radius 1 is 1.03 bits per heavy atom. The van der Waals surface area contributed by atoms with Crippen LogP contribution in [0.5, 0.6) is 0 Å². The summed E-state index contributed by atoms with van der Waals surface area (Å²) < 4.78 is 1.78. The lowest BCUT2D eigenvalue weighted by Gasteiger charge is -2.32. The fourth-order valence-electron chi connectivity index (χ4n) is 4.99. The molecule has 2 aliphatic heterocycles. The second-order valence-corrected chi connectivity index (χ2v) is 9.56. The van der Waals surface area contributed by atoms with Gasteiger partial charge in [-0.15, -0.1) is 0 Å². The summed E-state index contributed by atoms with van der Waals surface area (Å²) in [6.07, 6.45) is 4.39. The van der Waals surface area contributed by atoms with Crippen molar-refractivity contribution in [3.63, 3.8) is 0 Å². The zero-order chi connectivity index (χ0) is 23.1. The van der Waals surface area contributed by atoms with Crippen molar-refractivity contribution in [2.45, 2.75) is 51.6 Å². The molecule has 3 heterocycles. The van der Waals surface area contributed by atoms with Crippen LogP contribution in [0.25, 0.3) is 0 Å². The van der Waals surface area contributed by atoms with Crippen molar-refractivity contribution >= 4 is 17.7 Å². The number of nitrogens with zero attached hydrogens (tertiary/aromatic N) is 4. The molecule has 1 atom stereocenters. The van der Waals surface area contributed by atoms with Gasteiger partial charge in [0, 0.05) is 56.0 Å². The van der Waals surface area contributed by atoms with Crippen LogP contribution in [-0.4, -0.2) is 63.0 Å². The quantitative estimate of drug-likeness (QED) is 0.774. The topological polar surface area (TPSA) is 87.5 Å². The molecule has 174 valence electrons. The highest BCUT2D eigenvalue weighted by molar-refractivity contribution is 5.97. The van der Waals surface area contributed by atoms with E-state index in [-0.39, 0.29) is 23.6 Å². The van der Waals surface area contributed by atoms with Crippen molar-refractivity contribution in [3.05, 3.63) is 52.3 Å². The first kappa shape index (κ1) is 21.7. The molecule has 8 nitrogen and oxygen atoms in total. The standard InChI is InChI=1S/C25H31N5O3/c1-16-6-3-4-8-19(16)24(32)30-13-11-21-20(15-30)22(27-28(21)2)25(33)29-12-5-7-17(14-29)23(31)26-18-9-10-18/h3-4,6,8,17-18H,5,7,9-15H2,1-2H3,(H,26,31)/t17-/m0/s1. The van der Waals surface area contributed by atoms with Crippen LogP contribution >= 0.6 is 0 Å². The lowest BCUT2D eigenvalue weighted by atomic mass is 9.96. The highest BCUT2D eigenvalue weighted by atomic mass is 16.2. The average Bonchev–Trinajstić information content (AvgIpc) is 3.59. The van der Waals surface area contributed by atoms with Crippen LogP contribution in [-0.2, 0) is 24.8 Å². The Kier molecular flexibility index (Phi) is 5.68. The van der Waals surface area contributed by atoms with Crippen molar-refractivity contribution in [1.29, 1.82) is 0 Å². The van der Waals surface area contributed by atoms with Crippen LogP contribution in [0.1, 0.15) is 63.4 Å². The molecule has 2 fully saturated rings. The van der Waals surface area contributed by atoms with Gasteiger partial charge < -0.3 is 15.1 Å². The molecule has 0 spiro atoms.